The van der Waals surface area contributed by atoms with Crippen LogP contribution in [0.1, 0.15) is 28.6 Å². The number of ether oxygens (including phenoxy) is 1. The molecule has 3 aromatic heterocycles. The third-order valence-electron chi connectivity index (χ3n) is 5.73. The van der Waals surface area contributed by atoms with Gasteiger partial charge < -0.3 is 13.9 Å². The number of aromatic nitrogens is 4. The van der Waals surface area contributed by atoms with Gasteiger partial charge in [-0.3, -0.25) is 9.83 Å². The number of fused-ring (bicyclic) bond motifs is 1. The molecule has 1 aromatic carbocycles. The molecule has 4 aromatic rings. The van der Waals surface area contributed by atoms with Crippen LogP contribution in [0.5, 0.6) is 5.88 Å². The number of hydroxylamine groups is 1. The number of nitrogens with one attached hydrogen (secondary N) is 1. The van der Waals surface area contributed by atoms with Crippen molar-refractivity contribution < 1.29 is 27.1 Å². The molecule has 1 aliphatic heterocycles. The standard InChI is InChI=1S/C23H20F4N6O2/c1-12-8-33(11-28-12)19-5-4-17(30-22(19)34-3)21-29-18(10-35-31-21)14-9-32(2)20-7-16(24)15(6-13(14)20)23(25,26)27/h4-9,11,18H,10H2,1-3H3,(H,29,31). The molecule has 182 valence electrons. The summed E-state index contributed by atoms with van der Waals surface area (Å²) in [5.41, 5.74) is 4.09. The number of alkyl halides is 3. The van der Waals surface area contributed by atoms with Gasteiger partial charge >= 0.3 is 6.18 Å². The summed E-state index contributed by atoms with van der Waals surface area (Å²) >= 11 is 0. The molecule has 1 unspecified atom stereocenters. The molecule has 0 spiro atoms. The molecule has 8 nitrogen and oxygen atoms in total. The van der Waals surface area contributed by atoms with Crippen molar-refractivity contribution in [2.45, 2.75) is 19.1 Å². The van der Waals surface area contributed by atoms with Gasteiger partial charge in [0, 0.05) is 30.4 Å². The number of methoxy groups -OCH3 is 1. The quantitative estimate of drug-likeness (QED) is 0.435. The summed E-state index contributed by atoms with van der Waals surface area (Å²) in [6, 6.07) is 4.56. The fourth-order valence-corrected chi connectivity index (χ4v) is 4.07. The second-order valence-corrected chi connectivity index (χ2v) is 8.10. The molecule has 5 rings (SSSR count). The molecule has 1 aliphatic rings. The summed E-state index contributed by atoms with van der Waals surface area (Å²) in [7, 11) is 3.12. The fourth-order valence-electron chi connectivity index (χ4n) is 4.07. The normalized spacial score (nSPS) is 16.3. The lowest BCUT2D eigenvalue weighted by atomic mass is 10.0. The Kier molecular flexibility index (Phi) is 5.47. The Balaban J connectivity index is 1.55. The summed E-state index contributed by atoms with van der Waals surface area (Å²) < 4.78 is 62.9. The molecule has 0 amide bonds. The molecule has 0 radical (unpaired) electrons. The predicted octanol–water partition coefficient (Wildman–Crippen LogP) is 4.26. The monoisotopic (exact) mass is 488 g/mol. The van der Waals surface area contributed by atoms with Gasteiger partial charge in [-0.1, -0.05) is 0 Å². The predicted molar refractivity (Wildman–Crippen MR) is 119 cm³/mol. The maximum absolute atomic E-state index is 14.1. The third-order valence-corrected chi connectivity index (χ3v) is 5.73. The van der Waals surface area contributed by atoms with Crippen molar-refractivity contribution in [2.24, 2.45) is 12.0 Å². The number of rotatable bonds is 4. The molecule has 0 saturated carbocycles. The van der Waals surface area contributed by atoms with Gasteiger partial charge in [-0.2, -0.15) is 13.2 Å². The van der Waals surface area contributed by atoms with Crippen LogP contribution in [0.25, 0.3) is 16.6 Å². The summed E-state index contributed by atoms with van der Waals surface area (Å²) in [4.78, 5) is 18.8. The van der Waals surface area contributed by atoms with Gasteiger partial charge in [0.05, 0.1) is 30.2 Å². The van der Waals surface area contributed by atoms with E-state index in [2.05, 4.69) is 20.4 Å². The average Bonchev–Trinajstić information content (AvgIpc) is 3.40. The lowest BCUT2D eigenvalue weighted by Gasteiger charge is -2.22. The molecule has 0 saturated heterocycles. The van der Waals surface area contributed by atoms with Crippen molar-refractivity contribution in [3.05, 3.63) is 71.3 Å². The molecule has 0 fully saturated rings. The van der Waals surface area contributed by atoms with Crippen LogP contribution in [0.2, 0.25) is 0 Å². The van der Waals surface area contributed by atoms with Crippen LogP contribution >= 0.6 is 0 Å². The molecule has 0 bridgehead atoms. The van der Waals surface area contributed by atoms with Gasteiger partial charge in [0.25, 0.3) is 0 Å². The van der Waals surface area contributed by atoms with Gasteiger partial charge in [-0.15, -0.1) is 0 Å². The number of halogens is 4. The highest BCUT2D eigenvalue weighted by Gasteiger charge is 2.35. The zero-order valence-corrected chi connectivity index (χ0v) is 18.9. The molecule has 1 atom stereocenters. The second-order valence-electron chi connectivity index (χ2n) is 8.10. The van der Waals surface area contributed by atoms with E-state index >= 15 is 0 Å². The fraction of sp³-hybridized carbons (Fsp3) is 0.261. The van der Waals surface area contributed by atoms with Gasteiger partial charge in [0.1, 0.15) is 29.8 Å². The van der Waals surface area contributed by atoms with E-state index in [0.717, 1.165) is 17.8 Å². The van der Waals surface area contributed by atoms with Gasteiger partial charge in [0.2, 0.25) is 5.88 Å². The Morgan fingerprint density at radius 1 is 1.20 bits per heavy atom. The van der Waals surface area contributed by atoms with E-state index in [0.29, 0.717) is 28.3 Å². The zero-order valence-electron chi connectivity index (χ0n) is 18.9. The van der Waals surface area contributed by atoms with Crippen LogP contribution in [0.4, 0.5) is 17.6 Å². The van der Waals surface area contributed by atoms with Gasteiger partial charge in [-0.05, 0) is 31.2 Å². The van der Waals surface area contributed by atoms with Crippen LogP contribution in [0.15, 0.2) is 48.0 Å². The van der Waals surface area contributed by atoms with E-state index in [-0.39, 0.29) is 17.8 Å². The molecule has 1 N–H and O–H groups in total. The lowest BCUT2D eigenvalue weighted by molar-refractivity contribution is -0.139. The van der Waals surface area contributed by atoms with E-state index in [9.17, 15) is 17.6 Å². The summed E-state index contributed by atoms with van der Waals surface area (Å²) in [6.45, 7) is 1.92. The molecule has 12 heteroatoms. The topological polar surface area (TPSA) is 78.5 Å². The number of imidazole rings is 1. The van der Waals surface area contributed by atoms with E-state index in [1.807, 2.05) is 13.1 Å². The second kappa shape index (κ2) is 8.38. The Labute approximate surface area is 196 Å². The summed E-state index contributed by atoms with van der Waals surface area (Å²) in [5.74, 6) is -0.724. The first-order chi connectivity index (χ1) is 16.7. The van der Waals surface area contributed by atoms with Gasteiger partial charge in [-0.25, -0.2) is 19.8 Å². The molecule has 4 heterocycles. The highest BCUT2D eigenvalue weighted by Crippen LogP contribution is 2.37. The third kappa shape index (κ3) is 4.09. The minimum Gasteiger partial charge on any atom is -0.479 e. The van der Waals surface area contributed by atoms with Crippen LogP contribution < -0.4 is 10.2 Å². The van der Waals surface area contributed by atoms with E-state index < -0.39 is 23.6 Å². The van der Waals surface area contributed by atoms with Crippen LogP contribution in [0.3, 0.4) is 0 Å². The van der Waals surface area contributed by atoms with E-state index in [1.54, 1.807) is 40.8 Å². The number of hydrogen-bond acceptors (Lipinski definition) is 6. The van der Waals surface area contributed by atoms with Crippen LogP contribution in [0, 0.1) is 12.7 Å². The minimum absolute atomic E-state index is 0.0604. The van der Waals surface area contributed by atoms with Crippen molar-refractivity contribution >= 4 is 16.7 Å². The number of pyridine rings is 1. The molecular weight excluding hydrogens is 468 g/mol. The Morgan fingerprint density at radius 3 is 2.69 bits per heavy atom. The van der Waals surface area contributed by atoms with Crippen molar-refractivity contribution in [3.63, 3.8) is 0 Å². The first-order valence-electron chi connectivity index (χ1n) is 10.5. The Bertz CT molecular complexity index is 1460. The number of amidine groups is 1. The maximum Gasteiger partial charge on any atom is 0.419 e. The maximum atomic E-state index is 14.1. The van der Waals surface area contributed by atoms with Crippen molar-refractivity contribution in [1.82, 2.24) is 24.6 Å². The summed E-state index contributed by atoms with van der Waals surface area (Å²) in [6.07, 6.45) is 0.277. The number of aryl methyl sites for hydroxylation is 2. The lowest BCUT2D eigenvalue weighted by Crippen LogP contribution is -2.33. The van der Waals surface area contributed by atoms with Crippen molar-refractivity contribution in [2.75, 3.05) is 13.7 Å². The number of benzene rings is 1. The van der Waals surface area contributed by atoms with Crippen LogP contribution in [-0.2, 0) is 18.1 Å². The molecular formula is C23H20F4N6O2. The van der Waals surface area contributed by atoms with Gasteiger partial charge in [0.15, 0.2) is 5.84 Å². The molecule has 0 aliphatic carbocycles. The summed E-state index contributed by atoms with van der Waals surface area (Å²) in [5, 5.41) is 0.246. The number of aliphatic imine (C=N–C) groups is 1. The first kappa shape index (κ1) is 22.8. The first-order valence-corrected chi connectivity index (χ1v) is 10.5. The minimum atomic E-state index is -4.82. The SMILES string of the molecule is COc1nc(C2=NC(c3cn(C)c4cc(F)c(C(F)(F)F)cc34)CON2)ccc1-n1cnc(C)c1. The average molecular weight is 488 g/mol. The number of nitrogens with zero attached hydrogens (tertiary/aromatic N) is 5. The Morgan fingerprint density at radius 2 is 2.00 bits per heavy atom. The smallest absolute Gasteiger partial charge is 0.419 e. The Hall–Kier alpha value is -3.93. The van der Waals surface area contributed by atoms with Crippen LogP contribution in [-0.4, -0.2) is 38.7 Å². The van der Waals surface area contributed by atoms with Crippen molar-refractivity contribution in [1.29, 1.82) is 0 Å². The van der Waals surface area contributed by atoms with E-state index in [1.165, 1.54) is 7.11 Å². The highest BCUT2D eigenvalue weighted by atomic mass is 19.4. The highest BCUT2D eigenvalue weighted by molar-refractivity contribution is 5.97. The van der Waals surface area contributed by atoms with E-state index in [4.69, 9.17) is 9.57 Å². The number of hydrogen-bond donors (Lipinski definition) is 1. The zero-order chi connectivity index (χ0) is 24.9. The molecule has 35 heavy (non-hydrogen) atoms. The largest absolute Gasteiger partial charge is 0.479 e. The van der Waals surface area contributed by atoms with Crippen molar-refractivity contribution in [3.8, 4) is 11.6 Å².